The van der Waals surface area contributed by atoms with Crippen LogP contribution >= 0.6 is 0 Å². The van der Waals surface area contributed by atoms with Crippen LogP contribution in [0.15, 0.2) is 51.7 Å². The summed E-state index contributed by atoms with van der Waals surface area (Å²) in [4.78, 5) is 61.8. The van der Waals surface area contributed by atoms with E-state index in [4.69, 9.17) is 14.1 Å². The number of urea groups is 1. The lowest BCUT2D eigenvalue weighted by Gasteiger charge is -2.39. The van der Waals surface area contributed by atoms with Crippen molar-refractivity contribution in [2.75, 3.05) is 41.9 Å². The molecule has 3 amide bonds. The maximum absolute atomic E-state index is 14.0. The number of hydrogen-bond donors (Lipinski definition) is 2. The summed E-state index contributed by atoms with van der Waals surface area (Å²) in [5, 5.41) is 13.3. The minimum Gasteiger partial charge on any atom is -0.497 e. The van der Waals surface area contributed by atoms with E-state index >= 15 is 0 Å². The highest BCUT2D eigenvalue weighted by molar-refractivity contribution is 6.11. The third-order valence-electron chi connectivity index (χ3n) is 9.15. The number of anilines is 3. The Morgan fingerprint density at radius 3 is 2.42 bits per heavy atom. The van der Waals surface area contributed by atoms with Crippen molar-refractivity contribution in [2.24, 2.45) is 7.05 Å². The van der Waals surface area contributed by atoms with Gasteiger partial charge in [0.25, 0.3) is 0 Å². The number of nitrogens with zero attached hydrogens (tertiary/aromatic N) is 5. The van der Waals surface area contributed by atoms with E-state index in [1.54, 1.807) is 54.0 Å². The van der Waals surface area contributed by atoms with E-state index in [-0.39, 0.29) is 29.2 Å². The number of oxazole rings is 1. The van der Waals surface area contributed by atoms with Crippen molar-refractivity contribution in [1.29, 1.82) is 0 Å². The molecule has 0 atom stereocenters. The van der Waals surface area contributed by atoms with Gasteiger partial charge in [-0.3, -0.25) is 14.3 Å². The van der Waals surface area contributed by atoms with Crippen LogP contribution in [-0.4, -0.2) is 75.8 Å². The Balaban J connectivity index is 1.29. The number of carboxylic acid groups (broad SMARTS) is 1. The smallest absolute Gasteiger partial charge is 0.419 e. The monoisotopic (exact) mass is 656 g/mol. The molecule has 252 valence electrons. The standard InChI is InChI=1S/C35H40N6O7/c1-20-15-22(17-27-30(20)38(5)34(46)48-27)31(42)23-18-28(37-29(19-23)41(33(44)45)35(2,3)4)39-12-10-24(11-13-39)40-14-9-21-16-25(47-6)7-8-26(21)36-32(40)43/h7-8,15-19,24H,9-14H2,1-6H3,(H,36,43)(H,44,45). The normalized spacial score (nSPS) is 15.6. The molecule has 48 heavy (non-hydrogen) atoms. The van der Waals surface area contributed by atoms with E-state index in [2.05, 4.69) is 5.32 Å². The molecule has 13 nitrogen and oxygen atoms in total. The number of fused-ring (bicyclic) bond motifs is 2. The topological polar surface area (TPSA) is 150 Å². The maximum atomic E-state index is 14.0. The summed E-state index contributed by atoms with van der Waals surface area (Å²) >= 11 is 0. The molecule has 2 aliphatic heterocycles. The minimum atomic E-state index is -1.20. The van der Waals surface area contributed by atoms with Crippen LogP contribution in [0.25, 0.3) is 11.1 Å². The van der Waals surface area contributed by atoms with Crippen LogP contribution in [-0.2, 0) is 13.5 Å². The Bertz CT molecular complexity index is 1980. The number of aryl methyl sites for hydroxylation is 2. The number of piperidine rings is 1. The Labute approximate surface area is 277 Å². The lowest BCUT2D eigenvalue weighted by molar-refractivity contribution is 0.103. The zero-order valence-corrected chi connectivity index (χ0v) is 28.0. The summed E-state index contributed by atoms with van der Waals surface area (Å²) in [6, 6.07) is 11.9. The fourth-order valence-corrected chi connectivity index (χ4v) is 6.75. The van der Waals surface area contributed by atoms with Crippen LogP contribution in [0, 0.1) is 6.92 Å². The lowest BCUT2D eigenvalue weighted by Crippen LogP contribution is -2.49. The number of pyridine rings is 1. The molecule has 0 unspecified atom stereocenters. The van der Waals surface area contributed by atoms with E-state index in [0.717, 1.165) is 21.9 Å². The number of benzene rings is 2. The van der Waals surface area contributed by atoms with Crippen LogP contribution in [0.5, 0.6) is 5.75 Å². The summed E-state index contributed by atoms with van der Waals surface area (Å²) in [7, 11) is 3.23. The molecule has 4 aromatic rings. The van der Waals surface area contributed by atoms with Crippen LogP contribution < -0.4 is 25.6 Å². The number of carbonyl (C=O) groups is 3. The lowest BCUT2D eigenvalue weighted by atomic mass is 9.99. The molecule has 2 N–H and O–H groups in total. The van der Waals surface area contributed by atoms with Gasteiger partial charge in [0.15, 0.2) is 11.4 Å². The van der Waals surface area contributed by atoms with Gasteiger partial charge >= 0.3 is 17.9 Å². The number of nitrogens with one attached hydrogen (secondary N) is 1. The first-order valence-corrected chi connectivity index (χ1v) is 15.9. The van der Waals surface area contributed by atoms with Gasteiger partial charge in [-0.05, 0) is 101 Å². The van der Waals surface area contributed by atoms with Crippen LogP contribution in [0.2, 0.25) is 0 Å². The predicted octanol–water partition coefficient (Wildman–Crippen LogP) is 5.42. The van der Waals surface area contributed by atoms with Crippen molar-refractivity contribution in [2.45, 2.75) is 58.5 Å². The van der Waals surface area contributed by atoms with E-state index in [9.17, 15) is 24.3 Å². The molecule has 0 radical (unpaired) electrons. The molecule has 1 fully saturated rings. The van der Waals surface area contributed by atoms with E-state index in [1.165, 1.54) is 16.7 Å². The van der Waals surface area contributed by atoms with Gasteiger partial charge in [0, 0.05) is 55.1 Å². The summed E-state index contributed by atoms with van der Waals surface area (Å²) in [6.07, 6.45) is 0.814. The van der Waals surface area contributed by atoms with Gasteiger partial charge in [-0.2, -0.15) is 0 Å². The van der Waals surface area contributed by atoms with E-state index in [1.807, 2.05) is 28.0 Å². The van der Waals surface area contributed by atoms with Gasteiger partial charge in [-0.25, -0.2) is 19.4 Å². The second-order valence-electron chi connectivity index (χ2n) is 13.4. The zero-order chi connectivity index (χ0) is 34.5. The van der Waals surface area contributed by atoms with E-state index in [0.29, 0.717) is 66.9 Å². The van der Waals surface area contributed by atoms with Crippen molar-refractivity contribution < 1.29 is 28.6 Å². The number of aromatic nitrogens is 2. The van der Waals surface area contributed by atoms with Crippen LogP contribution in [0.1, 0.15) is 60.7 Å². The van der Waals surface area contributed by atoms with Gasteiger partial charge < -0.3 is 29.4 Å². The fourth-order valence-electron chi connectivity index (χ4n) is 6.75. The Morgan fingerprint density at radius 2 is 1.75 bits per heavy atom. The highest BCUT2D eigenvalue weighted by Gasteiger charge is 2.33. The molecular formula is C35H40N6O7. The van der Waals surface area contributed by atoms with Crippen molar-refractivity contribution in [3.63, 3.8) is 0 Å². The van der Waals surface area contributed by atoms with Crippen molar-refractivity contribution in [3.8, 4) is 5.75 Å². The van der Waals surface area contributed by atoms with Crippen molar-refractivity contribution in [1.82, 2.24) is 14.5 Å². The first-order chi connectivity index (χ1) is 22.7. The summed E-state index contributed by atoms with van der Waals surface area (Å²) < 4.78 is 12.1. The van der Waals surface area contributed by atoms with Crippen molar-refractivity contribution >= 4 is 46.3 Å². The van der Waals surface area contributed by atoms with Crippen LogP contribution in [0.3, 0.4) is 0 Å². The third-order valence-corrected chi connectivity index (χ3v) is 9.15. The molecule has 2 aromatic carbocycles. The molecule has 4 heterocycles. The number of amides is 3. The molecular weight excluding hydrogens is 616 g/mol. The highest BCUT2D eigenvalue weighted by atomic mass is 16.5. The summed E-state index contributed by atoms with van der Waals surface area (Å²) in [6.45, 7) is 8.73. The Kier molecular flexibility index (Phi) is 8.40. The van der Waals surface area contributed by atoms with Crippen molar-refractivity contribution in [3.05, 3.63) is 75.3 Å². The Morgan fingerprint density at radius 1 is 1.04 bits per heavy atom. The molecule has 0 bridgehead atoms. The van der Waals surface area contributed by atoms with Gasteiger partial charge in [-0.15, -0.1) is 0 Å². The zero-order valence-electron chi connectivity index (χ0n) is 28.0. The van der Waals surface area contributed by atoms with Gasteiger partial charge in [0.1, 0.15) is 17.4 Å². The molecule has 6 rings (SSSR count). The minimum absolute atomic E-state index is 0.0120. The Hall–Kier alpha value is -5.33. The van der Waals surface area contributed by atoms with Gasteiger partial charge in [0.05, 0.1) is 12.6 Å². The number of hydrogen-bond acceptors (Lipinski definition) is 8. The molecule has 2 aromatic heterocycles. The first kappa shape index (κ1) is 32.6. The first-order valence-electron chi connectivity index (χ1n) is 15.9. The summed E-state index contributed by atoms with van der Waals surface area (Å²) in [5.41, 5.74) is 3.10. The fraction of sp³-hybridized carbons (Fsp3) is 0.400. The number of rotatable bonds is 6. The third kappa shape index (κ3) is 6.07. The molecule has 1 saturated heterocycles. The average Bonchev–Trinajstić information content (AvgIpc) is 3.22. The SMILES string of the molecule is COc1ccc2c(c1)CCN(C1CCN(c3cc(C(=O)c4cc(C)c5c(c4)oc(=O)n5C)cc(N(C(=O)O)C(C)(C)C)n3)CC1)C(=O)N2. The van der Waals surface area contributed by atoms with Gasteiger partial charge in [0.2, 0.25) is 0 Å². The molecule has 0 spiro atoms. The highest BCUT2D eigenvalue weighted by Crippen LogP contribution is 2.32. The quantitative estimate of drug-likeness (QED) is 0.260. The molecule has 13 heteroatoms. The van der Waals surface area contributed by atoms with E-state index < -0.39 is 17.4 Å². The summed E-state index contributed by atoms with van der Waals surface area (Å²) in [5.74, 6) is 0.450. The number of methoxy groups -OCH3 is 1. The number of carbonyl (C=O) groups excluding carboxylic acids is 2. The molecule has 2 aliphatic rings. The molecule has 0 saturated carbocycles. The number of ketones is 1. The largest absolute Gasteiger partial charge is 0.497 e. The second-order valence-corrected chi connectivity index (χ2v) is 13.4. The second kappa shape index (κ2) is 12.4. The average molecular weight is 657 g/mol. The maximum Gasteiger partial charge on any atom is 0.419 e. The van der Waals surface area contributed by atoms with Crippen LogP contribution in [0.4, 0.5) is 26.9 Å². The number of ether oxygens (including phenoxy) is 1. The molecule has 0 aliphatic carbocycles. The van der Waals surface area contributed by atoms with Gasteiger partial charge in [-0.1, -0.05) is 0 Å². The predicted molar refractivity (Wildman–Crippen MR) is 182 cm³/mol.